The monoisotopic (exact) mass is 403 g/mol. The van der Waals surface area contributed by atoms with Gasteiger partial charge in [-0.3, -0.25) is 0 Å². The maximum absolute atomic E-state index is 10.6. The number of benzene rings is 1. The Labute approximate surface area is 179 Å². The van der Waals surface area contributed by atoms with Gasteiger partial charge in [-0.25, -0.2) is 0 Å². The maximum Gasteiger partial charge on any atom is 0.0696 e. The van der Waals surface area contributed by atoms with E-state index in [1.54, 1.807) is 5.06 Å². The molecule has 0 spiro atoms. The van der Waals surface area contributed by atoms with Crippen molar-refractivity contribution < 1.29 is 9.94 Å². The summed E-state index contributed by atoms with van der Waals surface area (Å²) in [7, 11) is 0. The van der Waals surface area contributed by atoms with Crippen molar-refractivity contribution in [2.45, 2.75) is 105 Å². The highest BCUT2D eigenvalue weighted by molar-refractivity contribution is 5.24. The summed E-state index contributed by atoms with van der Waals surface area (Å²) in [6.07, 6.45) is 1.99. The Morgan fingerprint density at radius 1 is 0.931 bits per heavy atom. The van der Waals surface area contributed by atoms with Crippen molar-refractivity contribution in [2.24, 2.45) is 16.7 Å². The second-order valence-electron chi connectivity index (χ2n) is 12.6. The molecule has 0 saturated carbocycles. The van der Waals surface area contributed by atoms with Crippen LogP contribution in [0, 0.1) is 16.7 Å². The number of piperidine rings is 1. The van der Waals surface area contributed by atoms with Gasteiger partial charge in [0.15, 0.2) is 0 Å². The molecule has 3 heteroatoms. The smallest absolute Gasteiger partial charge is 0.0696 e. The predicted molar refractivity (Wildman–Crippen MR) is 122 cm³/mol. The maximum atomic E-state index is 10.6. The first-order valence-electron chi connectivity index (χ1n) is 11.2. The van der Waals surface area contributed by atoms with Crippen LogP contribution < -0.4 is 0 Å². The molecule has 1 aliphatic heterocycles. The van der Waals surface area contributed by atoms with Crippen LogP contribution in [0.25, 0.3) is 0 Å². The minimum absolute atomic E-state index is 0.0243. The highest BCUT2D eigenvalue weighted by atomic mass is 16.5. The minimum atomic E-state index is -0.240. The van der Waals surface area contributed by atoms with Gasteiger partial charge in [0.1, 0.15) is 0 Å². The Morgan fingerprint density at radius 3 is 1.83 bits per heavy atom. The summed E-state index contributed by atoms with van der Waals surface area (Å²) < 4.78 is 6.81. The summed E-state index contributed by atoms with van der Waals surface area (Å²) in [5, 5.41) is 12.2. The van der Waals surface area contributed by atoms with Gasteiger partial charge in [-0.15, -0.1) is 0 Å². The molecule has 2 atom stereocenters. The van der Waals surface area contributed by atoms with E-state index in [1.165, 1.54) is 5.56 Å². The van der Waals surface area contributed by atoms with Crippen LogP contribution in [0.2, 0.25) is 0 Å². The molecular formula is C26H45NO2. The van der Waals surface area contributed by atoms with E-state index in [0.717, 1.165) is 19.4 Å². The van der Waals surface area contributed by atoms with Crippen LogP contribution in [0.4, 0.5) is 0 Å². The standard InChI is InChI=1S/C26H45NO2/c1-23(2,3)21(20-14-12-11-13-15-20)22(24(4,5)6)29-18-19-16-25(7,8)27(28)26(9,10)17-19/h11-15,19,21-22,28H,16-18H2,1-10H3. The highest BCUT2D eigenvalue weighted by Gasteiger charge is 2.46. The van der Waals surface area contributed by atoms with Crippen LogP contribution in [0.1, 0.15) is 93.6 Å². The summed E-state index contributed by atoms with van der Waals surface area (Å²) in [4.78, 5) is 0. The molecule has 2 rings (SSSR count). The van der Waals surface area contributed by atoms with Crippen molar-refractivity contribution in [1.29, 1.82) is 0 Å². The first-order valence-corrected chi connectivity index (χ1v) is 11.2. The zero-order valence-electron chi connectivity index (χ0n) is 20.5. The molecule has 0 bridgehead atoms. The predicted octanol–water partition coefficient (Wildman–Crippen LogP) is 6.91. The fourth-order valence-electron chi connectivity index (χ4n) is 5.47. The molecule has 1 aromatic rings. The molecule has 0 amide bonds. The Morgan fingerprint density at radius 2 is 1.41 bits per heavy atom. The lowest BCUT2D eigenvalue weighted by Crippen LogP contribution is -2.59. The molecular weight excluding hydrogens is 358 g/mol. The summed E-state index contributed by atoms with van der Waals surface area (Å²) >= 11 is 0. The van der Waals surface area contributed by atoms with Crippen molar-refractivity contribution in [3.8, 4) is 0 Å². The van der Waals surface area contributed by atoms with E-state index in [1.807, 2.05) is 0 Å². The van der Waals surface area contributed by atoms with Crippen LogP contribution >= 0.6 is 0 Å². The lowest BCUT2D eigenvalue weighted by Gasteiger charge is -2.52. The molecule has 1 saturated heterocycles. The number of hydrogen-bond donors (Lipinski definition) is 1. The van der Waals surface area contributed by atoms with E-state index >= 15 is 0 Å². The first kappa shape index (κ1) is 24.4. The van der Waals surface area contributed by atoms with Gasteiger partial charge in [-0.05, 0) is 62.8 Å². The van der Waals surface area contributed by atoms with E-state index < -0.39 is 0 Å². The van der Waals surface area contributed by atoms with Crippen molar-refractivity contribution >= 4 is 0 Å². The van der Waals surface area contributed by atoms with Crippen LogP contribution in [0.15, 0.2) is 30.3 Å². The molecule has 2 unspecified atom stereocenters. The van der Waals surface area contributed by atoms with E-state index in [-0.39, 0.29) is 28.0 Å². The summed E-state index contributed by atoms with van der Waals surface area (Å²) in [6, 6.07) is 10.8. The number of hydroxylamine groups is 2. The topological polar surface area (TPSA) is 32.7 Å². The first-order chi connectivity index (χ1) is 13.1. The van der Waals surface area contributed by atoms with Crippen LogP contribution in [-0.4, -0.2) is 34.1 Å². The molecule has 166 valence electrons. The Kier molecular flexibility index (Phi) is 6.99. The third-order valence-corrected chi connectivity index (χ3v) is 6.48. The van der Waals surface area contributed by atoms with Gasteiger partial charge >= 0.3 is 0 Å². The minimum Gasteiger partial charge on any atom is -0.377 e. The lowest BCUT2D eigenvalue weighted by atomic mass is 9.67. The van der Waals surface area contributed by atoms with Gasteiger partial charge in [-0.1, -0.05) is 71.9 Å². The molecule has 0 aromatic heterocycles. The summed E-state index contributed by atoms with van der Waals surface area (Å²) in [6.45, 7) is 23.1. The largest absolute Gasteiger partial charge is 0.377 e. The molecule has 1 fully saturated rings. The van der Waals surface area contributed by atoms with Crippen molar-refractivity contribution in [1.82, 2.24) is 5.06 Å². The normalized spacial score (nSPS) is 23.0. The third kappa shape index (κ3) is 5.83. The molecule has 3 nitrogen and oxygen atoms in total. The van der Waals surface area contributed by atoms with E-state index in [0.29, 0.717) is 11.8 Å². The average molecular weight is 404 g/mol. The molecule has 0 radical (unpaired) electrons. The summed E-state index contributed by atoms with van der Waals surface area (Å²) in [5.74, 6) is 0.743. The van der Waals surface area contributed by atoms with E-state index in [4.69, 9.17) is 4.74 Å². The zero-order valence-corrected chi connectivity index (χ0v) is 20.5. The fourth-order valence-corrected chi connectivity index (χ4v) is 5.47. The van der Waals surface area contributed by atoms with Crippen LogP contribution in [0.3, 0.4) is 0 Å². The van der Waals surface area contributed by atoms with Crippen molar-refractivity contribution in [2.75, 3.05) is 6.61 Å². The SMILES string of the molecule is CC(C)(C)C(OCC1CC(C)(C)N(O)C(C)(C)C1)C(c1ccccc1)C(C)(C)C. The quantitative estimate of drug-likeness (QED) is 0.580. The van der Waals surface area contributed by atoms with Crippen LogP contribution in [0.5, 0.6) is 0 Å². The highest BCUT2D eigenvalue weighted by Crippen LogP contribution is 2.46. The molecule has 1 N–H and O–H groups in total. The van der Waals surface area contributed by atoms with E-state index in [9.17, 15) is 5.21 Å². The average Bonchev–Trinajstić information content (AvgIpc) is 2.54. The van der Waals surface area contributed by atoms with Gasteiger partial charge < -0.3 is 9.94 Å². The Bertz CT molecular complexity index is 634. The molecule has 29 heavy (non-hydrogen) atoms. The van der Waals surface area contributed by atoms with E-state index in [2.05, 4.69) is 99.6 Å². The van der Waals surface area contributed by atoms with Gasteiger partial charge in [0.2, 0.25) is 0 Å². The van der Waals surface area contributed by atoms with Gasteiger partial charge in [0.05, 0.1) is 6.10 Å². The Balaban J connectivity index is 2.27. The molecule has 1 heterocycles. The molecule has 0 aliphatic carbocycles. The van der Waals surface area contributed by atoms with Gasteiger partial charge in [0.25, 0.3) is 0 Å². The second kappa shape index (κ2) is 8.32. The Hall–Kier alpha value is -0.900. The number of hydrogen-bond acceptors (Lipinski definition) is 3. The van der Waals surface area contributed by atoms with Crippen molar-refractivity contribution in [3.05, 3.63) is 35.9 Å². The lowest BCUT2D eigenvalue weighted by molar-refractivity contribution is -0.255. The fraction of sp³-hybridized carbons (Fsp3) is 0.769. The zero-order chi connectivity index (χ0) is 22.3. The van der Waals surface area contributed by atoms with Gasteiger partial charge in [0, 0.05) is 23.6 Å². The molecule has 1 aromatic carbocycles. The number of ether oxygens (including phenoxy) is 1. The van der Waals surface area contributed by atoms with Crippen LogP contribution in [-0.2, 0) is 4.74 Å². The third-order valence-electron chi connectivity index (χ3n) is 6.48. The second-order valence-corrected chi connectivity index (χ2v) is 12.6. The number of nitrogens with zero attached hydrogens (tertiary/aromatic N) is 1. The van der Waals surface area contributed by atoms with Gasteiger partial charge in [-0.2, -0.15) is 5.06 Å². The van der Waals surface area contributed by atoms with Crippen molar-refractivity contribution in [3.63, 3.8) is 0 Å². The summed E-state index contributed by atoms with van der Waals surface area (Å²) in [5.41, 5.74) is 0.986. The number of rotatable bonds is 5. The molecule has 1 aliphatic rings.